The summed E-state index contributed by atoms with van der Waals surface area (Å²) in [5.74, 6) is -0.568. The Morgan fingerprint density at radius 2 is 2.33 bits per heavy atom. The van der Waals surface area contributed by atoms with Crippen LogP contribution in [0.3, 0.4) is 0 Å². The lowest BCUT2D eigenvalue weighted by atomic mass is 10.3. The van der Waals surface area contributed by atoms with E-state index < -0.39 is 5.79 Å². The second kappa shape index (κ2) is 3.37. The highest BCUT2D eigenvalue weighted by molar-refractivity contribution is 4.70. The molecule has 0 aromatic carbocycles. The summed E-state index contributed by atoms with van der Waals surface area (Å²) in [6.07, 6.45) is 0.307. The summed E-state index contributed by atoms with van der Waals surface area (Å²) in [5.41, 5.74) is 0. The van der Waals surface area contributed by atoms with Gasteiger partial charge in [-0.05, 0) is 13.8 Å². The fraction of sp³-hybridized carbons (Fsp3) is 1.00. The lowest BCUT2D eigenvalue weighted by molar-refractivity contribution is -0.482. The van der Waals surface area contributed by atoms with Crippen molar-refractivity contribution in [3.8, 4) is 0 Å². The second-order valence-electron chi connectivity index (χ2n) is 3.30. The average molecular weight is 175 g/mol. The Balaban J connectivity index is 2.24. The number of rotatable bonds is 3. The average Bonchev–Trinajstić information content (AvgIpc) is 2.26. The zero-order valence-electron chi connectivity index (χ0n) is 7.28. The van der Waals surface area contributed by atoms with Gasteiger partial charge in [0, 0.05) is 11.3 Å². The van der Waals surface area contributed by atoms with Crippen LogP contribution in [0.5, 0.6) is 0 Å². The standard InChI is InChI=1S/C7H13NO4/c1-7(2)11-5-6(12-7)3-4-8(9)10/h6H,3-5H2,1-2H3/t6-/m0/s1. The van der Waals surface area contributed by atoms with Crippen molar-refractivity contribution in [2.45, 2.75) is 32.2 Å². The molecule has 0 amide bonds. The first-order valence-corrected chi connectivity index (χ1v) is 3.93. The number of nitrogens with zero attached hydrogens (tertiary/aromatic N) is 1. The molecule has 0 unspecified atom stereocenters. The first kappa shape index (κ1) is 9.41. The molecule has 0 saturated carbocycles. The minimum atomic E-state index is -0.568. The van der Waals surface area contributed by atoms with Gasteiger partial charge in [0.05, 0.1) is 12.7 Å². The van der Waals surface area contributed by atoms with Gasteiger partial charge in [-0.1, -0.05) is 0 Å². The first-order chi connectivity index (χ1) is 5.49. The molecule has 1 atom stereocenters. The minimum absolute atomic E-state index is 0.0515. The quantitative estimate of drug-likeness (QED) is 0.470. The number of ether oxygens (including phenoxy) is 2. The Bertz CT molecular complexity index is 180. The fourth-order valence-corrected chi connectivity index (χ4v) is 1.15. The van der Waals surface area contributed by atoms with Gasteiger partial charge in [0.15, 0.2) is 5.79 Å². The Hall–Kier alpha value is -0.680. The van der Waals surface area contributed by atoms with E-state index >= 15 is 0 Å². The van der Waals surface area contributed by atoms with E-state index in [1.165, 1.54) is 0 Å². The van der Waals surface area contributed by atoms with Crippen LogP contribution in [0, 0.1) is 10.1 Å². The Labute approximate surface area is 70.8 Å². The molecule has 5 heteroatoms. The van der Waals surface area contributed by atoms with E-state index in [0.717, 1.165) is 0 Å². The summed E-state index contributed by atoms with van der Waals surface area (Å²) in [6.45, 7) is 4.02. The van der Waals surface area contributed by atoms with Gasteiger partial charge in [-0.25, -0.2) is 0 Å². The summed E-state index contributed by atoms with van der Waals surface area (Å²) >= 11 is 0. The molecule has 1 heterocycles. The smallest absolute Gasteiger partial charge is 0.206 e. The zero-order valence-corrected chi connectivity index (χ0v) is 7.28. The van der Waals surface area contributed by atoms with Crippen LogP contribution in [-0.4, -0.2) is 30.0 Å². The molecule has 70 valence electrons. The molecule has 0 aromatic heterocycles. The highest BCUT2D eigenvalue weighted by Crippen LogP contribution is 2.23. The lowest BCUT2D eigenvalue weighted by Gasteiger charge is -2.16. The van der Waals surface area contributed by atoms with Gasteiger partial charge >= 0.3 is 0 Å². The molecular weight excluding hydrogens is 162 g/mol. The Morgan fingerprint density at radius 1 is 1.67 bits per heavy atom. The molecular formula is C7H13NO4. The summed E-state index contributed by atoms with van der Waals surface area (Å²) in [4.78, 5) is 9.69. The largest absolute Gasteiger partial charge is 0.348 e. The van der Waals surface area contributed by atoms with Crippen molar-refractivity contribution < 1.29 is 14.4 Å². The van der Waals surface area contributed by atoms with Crippen LogP contribution in [0.2, 0.25) is 0 Å². The van der Waals surface area contributed by atoms with Gasteiger partial charge < -0.3 is 9.47 Å². The maximum atomic E-state index is 10.0. The maximum Gasteiger partial charge on any atom is 0.206 e. The van der Waals surface area contributed by atoms with E-state index in [9.17, 15) is 10.1 Å². The molecule has 1 fully saturated rings. The van der Waals surface area contributed by atoms with Crippen LogP contribution in [0.1, 0.15) is 20.3 Å². The molecule has 0 bridgehead atoms. The summed E-state index contributed by atoms with van der Waals surface area (Å²) in [5, 5.41) is 10.0. The molecule has 0 aliphatic carbocycles. The summed E-state index contributed by atoms with van der Waals surface area (Å²) in [6, 6.07) is 0. The topological polar surface area (TPSA) is 61.6 Å². The third-order valence-corrected chi connectivity index (χ3v) is 1.70. The molecule has 12 heavy (non-hydrogen) atoms. The lowest BCUT2D eigenvalue weighted by Crippen LogP contribution is -2.22. The number of hydrogen-bond donors (Lipinski definition) is 0. The first-order valence-electron chi connectivity index (χ1n) is 3.93. The summed E-state index contributed by atoms with van der Waals surface area (Å²) in [7, 11) is 0. The van der Waals surface area contributed by atoms with Crippen LogP contribution >= 0.6 is 0 Å². The molecule has 5 nitrogen and oxygen atoms in total. The Kier molecular flexibility index (Phi) is 2.64. The van der Waals surface area contributed by atoms with Gasteiger partial charge in [0.25, 0.3) is 0 Å². The molecule has 0 N–H and O–H groups in total. The van der Waals surface area contributed by atoms with Gasteiger partial charge in [-0.3, -0.25) is 10.1 Å². The predicted molar refractivity (Wildman–Crippen MR) is 41.4 cm³/mol. The highest BCUT2D eigenvalue weighted by Gasteiger charge is 2.32. The van der Waals surface area contributed by atoms with E-state index in [1.807, 2.05) is 0 Å². The third kappa shape index (κ3) is 2.75. The molecule has 1 aliphatic rings. The molecule has 1 aliphatic heterocycles. The molecule has 1 saturated heterocycles. The van der Waals surface area contributed by atoms with Crippen molar-refractivity contribution in [1.29, 1.82) is 0 Å². The molecule has 0 radical (unpaired) electrons. The normalized spacial score (nSPS) is 27.3. The third-order valence-electron chi connectivity index (χ3n) is 1.70. The number of hydrogen-bond acceptors (Lipinski definition) is 4. The van der Waals surface area contributed by atoms with E-state index in [2.05, 4.69) is 0 Å². The maximum absolute atomic E-state index is 10.0. The van der Waals surface area contributed by atoms with Gasteiger partial charge in [0.1, 0.15) is 0 Å². The predicted octanol–water partition coefficient (Wildman–Crippen LogP) is 0.805. The second-order valence-corrected chi connectivity index (χ2v) is 3.30. The van der Waals surface area contributed by atoms with Gasteiger partial charge in [-0.2, -0.15) is 0 Å². The zero-order chi connectivity index (χ0) is 9.19. The van der Waals surface area contributed by atoms with Crippen LogP contribution in [-0.2, 0) is 9.47 Å². The molecule has 0 spiro atoms. The summed E-state index contributed by atoms with van der Waals surface area (Å²) < 4.78 is 10.6. The van der Waals surface area contributed by atoms with E-state index in [4.69, 9.17) is 9.47 Å². The SMILES string of the molecule is CC1(C)OC[C@H](CC[N+](=O)[O-])O1. The van der Waals surface area contributed by atoms with Crippen molar-refractivity contribution in [2.24, 2.45) is 0 Å². The fourth-order valence-electron chi connectivity index (χ4n) is 1.15. The minimum Gasteiger partial charge on any atom is -0.348 e. The van der Waals surface area contributed by atoms with Crippen LogP contribution < -0.4 is 0 Å². The van der Waals surface area contributed by atoms with Gasteiger partial charge in [-0.15, -0.1) is 0 Å². The van der Waals surface area contributed by atoms with Crippen molar-refractivity contribution in [3.05, 3.63) is 10.1 Å². The van der Waals surface area contributed by atoms with E-state index in [1.54, 1.807) is 13.8 Å². The van der Waals surface area contributed by atoms with Crippen molar-refractivity contribution in [2.75, 3.05) is 13.2 Å². The molecule has 1 rings (SSSR count). The number of nitro groups is 1. The van der Waals surface area contributed by atoms with Gasteiger partial charge in [0.2, 0.25) is 6.54 Å². The van der Waals surface area contributed by atoms with Crippen molar-refractivity contribution in [1.82, 2.24) is 0 Å². The van der Waals surface area contributed by atoms with E-state index in [0.29, 0.717) is 13.0 Å². The molecule has 0 aromatic rings. The van der Waals surface area contributed by atoms with E-state index in [-0.39, 0.29) is 17.6 Å². The Morgan fingerprint density at radius 3 is 2.75 bits per heavy atom. The van der Waals surface area contributed by atoms with Crippen LogP contribution in [0.4, 0.5) is 0 Å². The van der Waals surface area contributed by atoms with Crippen molar-refractivity contribution in [3.63, 3.8) is 0 Å². The van der Waals surface area contributed by atoms with Crippen LogP contribution in [0.25, 0.3) is 0 Å². The van der Waals surface area contributed by atoms with Crippen molar-refractivity contribution >= 4 is 0 Å². The highest BCUT2D eigenvalue weighted by atomic mass is 16.7. The van der Waals surface area contributed by atoms with Crippen LogP contribution in [0.15, 0.2) is 0 Å². The monoisotopic (exact) mass is 175 g/mol.